The van der Waals surface area contributed by atoms with Gasteiger partial charge in [0.15, 0.2) is 0 Å². The van der Waals surface area contributed by atoms with Crippen LogP contribution in [0.25, 0.3) is 0 Å². The van der Waals surface area contributed by atoms with Crippen LogP contribution in [0.15, 0.2) is 24.3 Å². The highest BCUT2D eigenvalue weighted by molar-refractivity contribution is 5.94. The molecule has 130 valence electrons. The zero-order chi connectivity index (χ0) is 17.5. The van der Waals surface area contributed by atoms with Gasteiger partial charge in [-0.25, -0.2) is 9.18 Å². The van der Waals surface area contributed by atoms with Gasteiger partial charge in [0.05, 0.1) is 6.04 Å². The molecule has 2 aliphatic rings. The summed E-state index contributed by atoms with van der Waals surface area (Å²) >= 11 is 0. The van der Waals surface area contributed by atoms with E-state index in [9.17, 15) is 14.0 Å². The van der Waals surface area contributed by atoms with Crippen molar-refractivity contribution in [3.8, 4) is 0 Å². The molecular weight excluding hydrogens is 311 g/mol. The van der Waals surface area contributed by atoms with Crippen LogP contribution in [0.1, 0.15) is 37.6 Å². The molecule has 1 heterocycles. The average molecular weight is 334 g/mol. The minimum absolute atomic E-state index is 0.0331. The minimum Gasteiger partial charge on any atom is -0.444 e. The van der Waals surface area contributed by atoms with Gasteiger partial charge in [-0.3, -0.25) is 4.79 Å². The maximum atomic E-state index is 12.9. The van der Waals surface area contributed by atoms with E-state index in [1.165, 1.54) is 24.3 Å². The molecule has 24 heavy (non-hydrogen) atoms. The van der Waals surface area contributed by atoms with Crippen LogP contribution in [-0.4, -0.2) is 41.6 Å². The molecule has 2 fully saturated rings. The summed E-state index contributed by atoms with van der Waals surface area (Å²) in [6, 6.07) is 5.38. The van der Waals surface area contributed by atoms with E-state index in [1.54, 1.807) is 4.90 Å². The smallest absolute Gasteiger partial charge is 0.410 e. The quantitative estimate of drug-likeness (QED) is 0.925. The Bertz CT molecular complexity index is 639. The van der Waals surface area contributed by atoms with Crippen molar-refractivity contribution in [3.05, 3.63) is 35.6 Å². The fourth-order valence-corrected chi connectivity index (χ4v) is 3.26. The Hall–Kier alpha value is -2.11. The molecule has 1 aliphatic carbocycles. The van der Waals surface area contributed by atoms with Crippen LogP contribution in [0.2, 0.25) is 0 Å². The van der Waals surface area contributed by atoms with Gasteiger partial charge in [0, 0.05) is 18.7 Å². The number of carbonyl (C=O) groups is 2. The van der Waals surface area contributed by atoms with Gasteiger partial charge < -0.3 is 15.0 Å². The SMILES string of the molecule is CC(C)(C)OC(=O)N1C[C@H]2C[C@H]2[C@H]1CNC(=O)c1ccc(F)cc1. The lowest BCUT2D eigenvalue weighted by Crippen LogP contribution is -2.47. The molecule has 0 spiro atoms. The first kappa shape index (κ1) is 16.7. The van der Waals surface area contributed by atoms with E-state index in [-0.39, 0.29) is 23.9 Å². The van der Waals surface area contributed by atoms with Gasteiger partial charge in [0.2, 0.25) is 0 Å². The van der Waals surface area contributed by atoms with Crippen LogP contribution in [-0.2, 0) is 4.74 Å². The Morgan fingerprint density at radius 1 is 1.29 bits per heavy atom. The Morgan fingerprint density at radius 3 is 2.58 bits per heavy atom. The summed E-state index contributed by atoms with van der Waals surface area (Å²) in [4.78, 5) is 26.2. The number of piperidine rings is 1. The fraction of sp³-hybridized carbons (Fsp3) is 0.556. The van der Waals surface area contributed by atoms with Crippen molar-refractivity contribution in [1.82, 2.24) is 10.2 Å². The van der Waals surface area contributed by atoms with E-state index in [4.69, 9.17) is 4.74 Å². The summed E-state index contributed by atoms with van der Waals surface area (Å²) in [5.74, 6) is 0.318. The number of benzene rings is 1. The molecule has 0 bridgehead atoms. The first-order valence-corrected chi connectivity index (χ1v) is 8.28. The number of ether oxygens (including phenoxy) is 1. The number of carbonyl (C=O) groups excluding carboxylic acids is 2. The average Bonchev–Trinajstić information content (AvgIpc) is 3.16. The van der Waals surface area contributed by atoms with Crippen LogP contribution in [0.4, 0.5) is 9.18 Å². The third-order valence-corrected chi connectivity index (χ3v) is 4.51. The Balaban J connectivity index is 1.59. The van der Waals surface area contributed by atoms with E-state index in [2.05, 4.69) is 5.32 Å². The highest BCUT2D eigenvalue weighted by Gasteiger charge is 2.54. The molecule has 2 amide bonds. The number of amides is 2. The summed E-state index contributed by atoms with van der Waals surface area (Å²) in [6.45, 7) is 6.60. The molecule has 0 unspecified atom stereocenters. The summed E-state index contributed by atoms with van der Waals surface area (Å²) in [5, 5.41) is 2.85. The molecule has 1 aromatic rings. The predicted octanol–water partition coefficient (Wildman–Crippen LogP) is 2.81. The van der Waals surface area contributed by atoms with Crippen LogP contribution in [0, 0.1) is 17.7 Å². The molecule has 1 aliphatic heterocycles. The Morgan fingerprint density at radius 2 is 1.96 bits per heavy atom. The first-order chi connectivity index (χ1) is 11.2. The third-order valence-electron chi connectivity index (χ3n) is 4.51. The topological polar surface area (TPSA) is 58.6 Å². The van der Waals surface area contributed by atoms with E-state index in [1.807, 2.05) is 20.8 Å². The number of fused-ring (bicyclic) bond motifs is 1. The summed E-state index contributed by atoms with van der Waals surface area (Å²) in [7, 11) is 0. The molecule has 1 saturated heterocycles. The van der Waals surface area contributed by atoms with Crippen molar-refractivity contribution in [2.45, 2.75) is 38.8 Å². The van der Waals surface area contributed by atoms with Crippen LogP contribution >= 0.6 is 0 Å². The molecule has 1 saturated carbocycles. The van der Waals surface area contributed by atoms with Crippen molar-refractivity contribution < 1.29 is 18.7 Å². The molecule has 3 atom stereocenters. The second-order valence-corrected chi connectivity index (χ2v) is 7.58. The van der Waals surface area contributed by atoms with E-state index in [0.29, 0.717) is 30.5 Å². The van der Waals surface area contributed by atoms with Gasteiger partial charge in [-0.05, 0) is 63.3 Å². The van der Waals surface area contributed by atoms with Gasteiger partial charge in [-0.1, -0.05) is 0 Å². The number of hydrogen-bond acceptors (Lipinski definition) is 3. The zero-order valence-electron chi connectivity index (χ0n) is 14.2. The lowest BCUT2D eigenvalue weighted by molar-refractivity contribution is 0.0192. The fourth-order valence-electron chi connectivity index (χ4n) is 3.26. The summed E-state index contributed by atoms with van der Waals surface area (Å²) in [6.07, 6.45) is 0.770. The standard InChI is InChI=1S/C18H23FN2O3/c1-18(2,3)24-17(23)21-10-12-8-14(12)15(21)9-20-16(22)11-4-6-13(19)7-5-11/h4-7,12,14-15H,8-10H2,1-3H3,(H,20,22)/t12-,14-,15-/m1/s1. The highest BCUT2D eigenvalue weighted by Crippen LogP contribution is 2.49. The predicted molar refractivity (Wildman–Crippen MR) is 87.1 cm³/mol. The molecule has 6 heteroatoms. The van der Waals surface area contributed by atoms with Crippen LogP contribution < -0.4 is 5.32 Å². The van der Waals surface area contributed by atoms with Gasteiger partial charge in [-0.2, -0.15) is 0 Å². The largest absolute Gasteiger partial charge is 0.444 e. The van der Waals surface area contributed by atoms with Crippen molar-refractivity contribution >= 4 is 12.0 Å². The maximum Gasteiger partial charge on any atom is 0.410 e. The van der Waals surface area contributed by atoms with E-state index in [0.717, 1.165) is 6.42 Å². The molecule has 0 radical (unpaired) electrons. The number of likely N-dealkylation sites (tertiary alicyclic amines) is 1. The minimum atomic E-state index is -0.536. The number of rotatable bonds is 3. The molecule has 0 aromatic heterocycles. The molecule has 5 nitrogen and oxygen atoms in total. The molecular formula is C18H23FN2O3. The Kier molecular flexibility index (Phi) is 4.24. The van der Waals surface area contributed by atoms with E-state index >= 15 is 0 Å². The molecule has 1 aromatic carbocycles. The van der Waals surface area contributed by atoms with Crippen molar-refractivity contribution in [1.29, 1.82) is 0 Å². The van der Waals surface area contributed by atoms with Crippen molar-refractivity contribution in [3.63, 3.8) is 0 Å². The molecule has 3 rings (SSSR count). The first-order valence-electron chi connectivity index (χ1n) is 8.28. The zero-order valence-corrected chi connectivity index (χ0v) is 14.2. The van der Waals surface area contributed by atoms with Crippen molar-refractivity contribution in [2.24, 2.45) is 11.8 Å². The second kappa shape index (κ2) is 6.07. The van der Waals surface area contributed by atoms with Crippen molar-refractivity contribution in [2.75, 3.05) is 13.1 Å². The second-order valence-electron chi connectivity index (χ2n) is 7.58. The normalized spacial score (nSPS) is 25.2. The van der Waals surface area contributed by atoms with E-state index < -0.39 is 5.60 Å². The summed E-state index contributed by atoms with van der Waals surface area (Å²) < 4.78 is 18.4. The van der Waals surface area contributed by atoms with Gasteiger partial charge >= 0.3 is 6.09 Å². The summed E-state index contributed by atoms with van der Waals surface area (Å²) in [5.41, 5.74) is -0.128. The lowest BCUT2D eigenvalue weighted by atomic mass is 10.1. The van der Waals surface area contributed by atoms with Gasteiger partial charge in [0.25, 0.3) is 5.91 Å². The molecule has 1 N–H and O–H groups in total. The number of hydrogen-bond donors (Lipinski definition) is 1. The lowest BCUT2D eigenvalue weighted by Gasteiger charge is -2.30. The number of nitrogens with one attached hydrogen (secondary N) is 1. The monoisotopic (exact) mass is 334 g/mol. The maximum absolute atomic E-state index is 12.9. The highest BCUT2D eigenvalue weighted by atomic mass is 19.1. The Labute approximate surface area is 141 Å². The van der Waals surface area contributed by atoms with Crippen LogP contribution in [0.5, 0.6) is 0 Å². The number of halogens is 1. The van der Waals surface area contributed by atoms with Gasteiger partial charge in [-0.15, -0.1) is 0 Å². The van der Waals surface area contributed by atoms with Crippen LogP contribution in [0.3, 0.4) is 0 Å². The number of nitrogens with zero attached hydrogens (tertiary/aromatic N) is 1. The van der Waals surface area contributed by atoms with Gasteiger partial charge in [0.1, 0.15) is 11.4 Å². The third kappa shape index (κ3) is 3.68.